The third-order valence-corrected chi connectivity index (χ3v) is 13.1. The van der Waals surface area contributed by atoms with Gasteiger partial charge in [0, 0.05) is 42.3 Å². The van der Waals surface area contributed by atoms with Crippen molar-refractivity contribution in [1.29, 1.82) is 0 Å². The van der Waals surface area contributed by atoms with Gasteiger partial charge in [-0.2, -0.15) is 0 Å². The largest absolute Gasteiger partial charge is 0.228 e. The third kappa shape index (κ3) is 5.78. The molecule has 0 saturated heterocycles. The second-order valence-electron chi connectivity index (χ2n) is 15.8. The summed E-state index contributed by atoms with van der Waals surface area (Å²) in [5.74, 6) is 0.709. The summed E-state index contributed by atoms with van der Waals surface area (Å²) in [4.78, 5) is 10.6. The van der Waals surface area contributed by atoms with Gasteiger partial charge in [0.15, 0.2) is 5.82 Å². The van der Waals surface area contributed by atoms with E-state index in [1.54, 1.807) is 0 Å². The van der Waals surface area contributed by atoms with E-state index in [1.165, 1.54) is 59.1 Å². The van der Waals surface area contributed by atoms with E-state index in [0.717, 1.165) is 44.8 Å². The SMILES string of the molecule is CC1(C)c2ccccc2-c2ccc(-c3cc(-c4cc(-c5cccc(-c6ccccc6)c5)cc(-c5cccc6c5sc5ccccc56)c4)nc(-c4ccccc4)n3)cc21. The van der Waals surface area contributed by atoms with E-state index < -0.39 is 0 Å². The Balaban J connectivity index is 1.13. The third-order valence-electron chi connectivity index (χ3n) is 11.9. The molecule has 1 aliphatic rings. The number of benzene rings is 8. The fourth-order valence-electron chi connectivity index (χ4n) is 8.90. The summed E-state index contributed by atoms with van der Waals surface area (Å²) in [7, 11) is 0. The quantitative estimate of drug-likeness (QED) is 0.169. The molecule has 0 atom stereocenters. The number of thiophene rings is 1. The average molecular weight is 759 g/mol. The lowest BCUT2D eigenvalue weighted by atomic mass is 9.82. The van der Waals surface area contributed by atoms with Crippen LogP contribution in [0.25, 0.3) is 98.6 Å². The highest BCUT2D eigenvalue weighted by atomic mass is 32.1. The van der Waals surface area contributed by atoms with Gasteiger partial charge in [-0.15, -0.1) is 11.3 Å². The molecule has 2 nitrogen and oxygen atoms in total. The molecule has 58 heavy (non-hydrogen) atoms. The van der Waals surface area contributed by atoms with Crippen molar-refractivity contribution < 1.29 is 0 Å². The van der Waals surface area contributed by atoms with Gasteiger partial charge in [-0.05, 0) is 98.1 Å². The van der Waals surface area contributed by atoms with Gasteiger partial charge in [0.25, 0.3) is 0 Å². The van der Waals surface area contributed by atoms with Crippen LogP contribution in [0.4, 0.5) is 0 Å². The Morgan fingerprint density at radius 2 is 0.931 bits per heavy atom. The van der Waals surface area contributed by atoms with Gasteiger partial charge in [-0.25, -0.2) is 9.97 Å². The van der Waals surface area contributed by atoms with Crippen molar-refractivity contribution in [1.82, 2.24) is 9.97 Å². The second kappa shape index (κ2) is 13.6. The molecular formula is C55H38N2S. The first-order chi connectivity index (χ1) is 28.5. The summed E-state index contributed by atoms with van der Waals surface area (Å²) in [6, 6.07) is 70.2. The predicted octanol–water partition coefficient (Wildman–Crippen LogP) is 15.2. The Bertz CT molecular complexity index is 3190. The molecule has 0 unspecified atom stereocenters. The molecule has 0 N–H and O–H groups in total. The maximum atomic E-state index is 5.36. The zero-order valence-corrected chi connectivity index (χ0v) is 33.1. The molecule has 2 aromatic heterocycles. The minimum absolute atomic E-state index is 0.120. The van der Waals surface area contributed by atoms with E-state index in [1.807, 2.05) is 17.4 Å². The van der Waals surface area contributed by atoms with Gasteiger partial charge in [-0.3, -0.25) is 0 Å². The molecule has 1 aliphatic carbocycles. The van der Waals surface area contributed by atoms with Crippen LogP contribution in [0, 0.1) is 0 Å². The first-order valence-corrected chi connectivity index (χ1v) is 20.7. The topological polar surface area (TPSA) is 25.8 Å². The van der Waals surface area contributed by atoms with Crippen molar-refractivity contribution in [2.24, 2.45) is 0 Å². The maximum Gasteiger partial charge on any atom is 0.160 e. The molecule has 0 bridgehead atoms. The number of hydrogen-bond donors (Lipinski definition) is 0. The van der Waals surface area contributed by atoms with Crippen molar-refractivity contribution in [3.05, 3.63) is 205 Å². The summed E-state index contributed by atoms with van der Waals surface area (Å²) >= 11 is 1.86. The van der Waals surface area contributed by atoms with E-state index >= 15 is 0 Å². The Labute approximate surface area is 342 Å². The van der Waals surface area contributed by atoms with Gasteiger partial charge in [0.05, 0.1) is 11.4 Å². The average Bonchev–Trinajstić information content (AvgIpc) is 3.78. The molecule has 0 radical (unpaired) electrons. The summed E-state index contributed by atoms with van der Waals surface area (Å²) in [6.45, 7) is 4.67. The lowest BCUT2D eigenvalue weighted by molar-refractivity contribution is 0.660. The molecule has 0 spiro atoms. The smallest absolute Gasteiger partial charge is 0.160 e. The van der Waals surface area contributed by atoms with Crippen LogP contribution in [0.5, 0.6) is 0 Å². The van der Waals surface area contributed by atoms with E-state index in [2.05, 4.69) is 202 Å². The van der Waals surface area contributed by atoms with Gasteiger partial charge < -0.3 is 0 Å². The molecule has 0 aliphatic heterocycles. The molecule has 274 valence electrons. The first kappa shape index (κ1) is 34.3. The zero-order chi connectivity index (χ0) is 38.8. The van der Waals surface area contributed by atoms with E-state index in [-0.39, 0.29) is 5.41 Å². The molecule has 2 heterocycles. The number of hydrogen-bond acceptors (Lipinski definition) is 3. The van der Waals surface area contributed by atoms with Crippen LogP contribution in [-0.4, -0.2) is 9.97 Å². The molecule has 10 aromatic rings. The monoisotopic (exact) mass is 758 g/mol. The summed E-state index contributed by atoms with van der Waals surface area (Å²) in [5.41, 5.74) is 17.2. The van der Waals surface area contributed by atoms with Crippen LogP contribution in [-0.2, 0) is 5.41 Å². The maximum absolute atomic E-state index is 5.36. The summed E-state index contributed by atoms with van der Waals surface area (Å²) < 4.78 is 2.59. The van der Waals surface area contributed by atoms with Crippen LogP contribution in [0.1, 0.15) is 25.0 Å². The highest BCUT2D eigenvalue weighted by molar-refractivity contribution is 7.26. The molecule has 0 saturated carbocycles. The van der Waals surface area contributed by atoms with E-state index in [9.17, 15) is 0 Å². The standard InChI is InChI=1S/C55H38N2S/c1-55(2)48-25-11-9-21-44(48)45-28-27-39(33-49(45)55)50-34-51(57-54(56-50)36-17-7-4-8-18-36)42-31-40(38-20-13-19-37(29-38)35-15-5-3-6-16-35)30-41(32-42)43-23-14-24-47-46-22-10-12-26-52(46)58-53(43)47/h3-34H,1-2H3. The summed E-state index contributed by atoms with van der Waals surface area (Å²) in [5, 5.41) is 2.58. The van der Waals surface area contributed by atoms with Gasteiger partial charge in [0.2, 0.25) is 0 Å². The highest BCUT2D eigenvalue weighted by Gasteiger charge is 2.35. The van der Waals surface area contributed by atoms with Gasteiger partial charge in [0.1, 0.15) is 0 Å². The Morgan fingerprint density at radius 3 is 1.76 bits per heavy atom. The van der Waals surface area contributed by atoms with Crippen molar-refractivity contribution in [2.45, 2.75) is 19.3 Å². The second-order valence-corrected chi connectivity index (χ2v) is 16.8. The Kier molecular flexibility index (Phi) is 8.06. The van der Waals surface area contributed by atoms with Crippen LogP contribution < -0.4 is 0 Å². The van der Waals surface area contributed by atoms with Crippen LogP contribution in [0.3, 0.4) is 0 Å². The van der Waals surface area contributed by atoms with Gasteiger partial charge in [-0.1, -0.05) is 166 Å². The zero-order valence-electron chi connectivity index (χ0n) is 32.3. The van der Waals surface area contributed by atoms with Crippen molar-refractivity contribution >= 4 is 31.5 Å². The normalized spacial score (nSPS) is 12.8. The number of fused-ring (bicyclic) bond motifs is 6. The van der Waals surface area contributed by atoms with Crippen molar-refractivity contribution in [3.8, 4) is 78.4 Å². The highest BCUT2D eigenvalue weighted by Crippen LogP contribution is 2.50. The first-order valence-electron chi connectivity index (χ1n) is 19.9. The Hall–Kier alpha value is -6.94. The van der Waals surface area contributed by atoms with Crippen LogP contribution in [0.15, 0.2) is 194 Å². The minimum Gasteiger partial charge on any atom is -0.228 e. The van der Waals surface area contributed by atoms with Crippen LogP contribution in [0.2, 0.25) is 0 Å². The van der Waals surface area contributed by atoms with Crippen molar-refractivity contribution in [3.63, 3.8) is 0 Å². The Morgan fingerprint density at radius 1 is 0.362 bits per heavy atom. The molecule has 0 amide bonds. The number of aromatic nitrogens is 2. The number of rotatable bonds is 6. The van der Waals surface area contributed by atoms with Gasteiger partial charge >= 0.3 is 0 Å². The fourth-order valence-corrected chi connectivity index (χ4v) is 10.1. The van der Waals surface area contributed by atoms with E-state index in [0.29, 0.717) is 5.82 Å². The van der Waals surface area contributed by atoms with Crippen molar-refractivity contribution in [2.75, 3.05) is 0 Å². The number of nitrogens with zero attached hydrogens (tertiary/aromatic N) is 2. The molecule has 11 rings (SSSR count). The minimum atomic E-state index is -0.120. The fraction of sp³-hybridized carbons (Fsp3) is 0.0545. The molecule has 8 aromatic carbocycles. The predicted molar refractivity (Wildman–Crippen MR) is 245 cm³/mol. The molecule has 3 heteroatoms. The summed E-state index contributed by atoms with van der Waals surface area (Å²) in [6.07, 6.45) is 0. The lowest BCUT2D eigenvalue weighted by Gasteiger charge is -2.22. The molecular weight excluding hydrogens is 721 g/mol. The molecule has 0 fully saturated rings. The lowest BCUT2D eigenvalue weighted by Crippen LogP contribution is -2.14. The van der Waals surface area contributed by atoms with Crippen LogP contribution >= 0.6 is 11.3 Å². The van der Waals surface area contributed by atoms with E-state index in [4.69, 9.17) is 9.97 Å².